The van der Waals surface area contributed by atoms with Gasteiger partial charge in [0.05, 0.1) is 24.1 Å². The summed E-state index contributed by atoms with van der Waals surface area (Å²) < 4.78 is 0. The van der Waals surface area contributed by atoms with Gasteiger partial charge in [0.15, 0.2) is 0 Å². The summed E-state index contributed by atoms with van der Waals surface area (Å²) in [6.07, 6.45) is 3.23. The molecule has 0 saturated carbocycles. The van der Waals surface area contributed by atoms with Crippen molar-refractivity contribution in [3.05, 3.63) is 100 Å². The van der Waals surface area contributed by atoms with E-state index >= 15 is 0 Å². The lowest BCUT2D eigenvalue weighted by atomic mass is 9.85. The molecule has 0 aliphatic heterocycles. The molecule has 0 aliphatic rings. The Bertz CT molecular complexity index is 1100. The molecule has 3 aromatic rings. The van der Waals surface area contributed by atoms with E-state index in [1.54, 1.807) is 11.8 Å². The highest BCUT2D eigenvalue weighted by Crippen LogP contribution is 2.29. The molecule has 3 rings (SSSR count). The molecule has 0 aromatic heterocycles. The first kappa shape index (κ1) is 23.9. The van der Waals surface area contributed by atoms with Gasteiger partial charge in [0.2, 0.25) is 0 Å². The van der Waals surface area contributed by atoms with Crippen LogP contribution in [-0.2, 0) is 6.42 Å². The summed E-state index contributed by atoms with van der Waals surface area (Å²) >= 11 is 7.78. The fourth-order valence-electron chi connectivity index (χ4n) is 3.93. The van der Waals surface area contributed by atoms with Gasteiger partial charge >= 0.3 is 0 Å². The van der Waals surface area contributed by atoms with Crippen molar-refractivity contribution >= 4 is 23.4 Å². The zero-order valence-corrected chi connectivity index (χ0v) is 19.8. The van der Waals surface area contributed by atoms with Gasteiger partial charge in [-0.25, -0.2) is 0 Å². The zero-order valence-electron chi connectivity index (χ0n) is 18.3. The van der Waals surface area contributed by atoms with Crippen LogP contribution in [0.2, 0.25) is 5.02 Å². The van der Waals surface area contributed by atoms with E-state index in [1.165, 1.54) is 10.5 Å². The Kier molecular flexibility index (Phi) is 8.77. The standard InChI is InChI=1S/C27H26ClN3S/c1-19(31-27(14-15-29)22-8-12-25(32-2)13-9-22)26(17-20-6-10-24(28)11-7-20)23-5-3-4-21(16-23)18-30/h3-13,16,19,26-27,31H,14,17H2,1-2H3/t19?,26?,27-/m0/s1. The molecule has 162 valence electrons. The van der Waals surface area contributed by atoms with Crippen LogP contribution >= 0.6 is 23.4 Å². The third-order valence-electron chi connectivity index (χ3n) is 5.69. The monoisotopic (exact) mass is 459 g/mol. The van der Waals surface area contributed by atoms with Crippen LogP contribution in [0.15, 0.2) is 77.7 Å². The number of rotatable bonds is 9. The molecule has 0 amide bonds. The average molecular weight is 460 g/mol. The summed E-state index contributed by atoms with van der Waals surface area (Å²) in [5.74, 6) is 0.121. The van der Waals surface area contributed by atoms with Crippen molar-refractivity contribution in [1.29, 1.82) is 10.5 Å². The first-order chi connectivity index (χ1) is 15.5. The van der Waals surface area contributed by atoms with Gasteiger partial charge in [0, 0.05) is 27.9 Å². The van der Waals surface area contributed by atoms with Gasteiger partial charge in [0.1, 0.15) is 0 Å². The van der Waals surface area contributed by atoms with Crippen LogP contribution in [0.25, 0.3) is 0 Å². The van der Waals surface area contributed by atoms with Gasteiger partial charge in [0.25, 0.3) is 0 Å². The molecule has 32 heavy (non-hydrogen) atoms. The molecule has 0 spiro atoms. The van der Waals surface area contributed by atoms with Gasteiger partial charge in [-0.2, -0.15) is 10.5 Å². The number of nitrogens with zero attached hydrogens (tertiary/aromatic N) is 2. The second-order valence-corrected chi connectivity index (χ2v) is 9.13. The number of thioether (sulfide) groups is 1. The smallest absolute Gasteiger partial charge is 0.0991 e. The largest absolute Gasteiger partial charge is 0.306 e. The number of hydrogen-bond acceptors (Lipinski definition) is 4. The van der Waals surface area contributed by atoms with Gasteiger partial charge in [-0.05, 0) is 72.7 Å². The minimum absolute atomic E-state index is 0.0678. The van der Waals surface area contributed by atoms with Crippen LogP contribution in [-0.4, -0.2) is 12.3 Å². The van der Waals surface area contributed by atoms with Crippen molar-refractivity contribution in [2.45, 2.75) is 42.7 Å². The quantitative estimate of drug-likeness (QED) is 0.354. The number of hydrogen-bond donors (Lipinski definition) is 1. The van der Waals surface area contributed by atoms with E-state index in [4.69, 9.17) is 11.6 Å². The molecule has 3 nitrogen and oxygen atoms in total. The maximum absolute atomic E-state index is 9.45. The van der Waals surface area contributed by atoms with Crippen LogP contribution in [0.5, 0.6) is 0 Å². The maximum Gasteiger partial charge on any atom is 0.0991 e. The minimum Gasteiger partial charge on any atom is -0.306 e. The topological polar surface area (TPSA) is 59.6 Å². The highest BCUT2D eigenvalue weighted by Gasteiger charge is 2.24. The number of halogens is 1. The highest BCUT2D eigenvalue weighted by atomic mass is 35.5. The summed E-state index contributed by atoms with van der Waals surface area (Å²) in [6, 6.07) is 28.7. The first-order valence-corrected chi connectivity index (χ1v) is 12.2. The van der Waals surface area contributed by atoms with Gasteiger partial charge < -0.3 is 5.32 Å². The molecular formula is C27H26ClN3S. The van der Waals surface area contributed by atoms with Crippen molar-refractivity contribution in [2.75, 3.05) is 6.26 Å². The molecule has 3 aromatic carbocycles. The average Bonchev–Trinajstić information content (AvgIpc) is 2.83. The SMILES string of the molecule is CSc1ccc([C@H](CC#N)NC(C)C(Cc2ccc(Cl)cc2)c2cccc(C#N)c2)cc1. The Morgan fingerprint density at radius 2 is 1.69 bits per heavy atom. The predicted molar refractivity (Wildman–Crippen MR) is 133 cm³/mol. The van der Waals surface area contributed by atoms with Crippen molar-refractivity contribution in [3.63, 3.8) is 0 Å². The fourth-order valence-corrected chi connectivity index (χ4v) is 4.46. The summed E-state index contributed by atoms with van der Waals surface area (Å²) in [5, 5.41) is 23.3. The van der Waals surface area contributed by atoms with Gasteiger partial charge in [-0.1, -0.05) is 48.0 Å². The molecule has 0 saturated heterocycles. The summed E-state index contributed by atoms with van der Waals surface area (Å²) in [7, 11) is 0. The molecule has 0 aliphatic carbocycles. The van der Waals surface area contributed by atoms with Crippen molar-refractivity contribution in [1.82, 2.24) is 5.32 Å². The van der Waals surface area contributed by atoms with Crippen LogP contribution in [0.3, 0.4) is 0 Å². The molecule has 0 fully saturated rings. The number of nitriles is 2. The van der Waals surface area contributed by atoms with E-state index in [1.807, 2.05) is 42.5 Å². The van der Waals surface area contributed by atoms with Crippen LogP contribution in [0.1, 0.15) is 47.6 Å². The molecule has 2 unspecified atom stereocenters. The lowest BCUT2D eigenvalue weighted by molar-refractivity contribution is 0.401. The Morgan fingerprint density at radius 1 is 0.969 bits per heavy atom. The molecule has 0 bridgehead atoms. The highest BCUT2D eigenvalue weighted by molar-refractivity contribution is 7.98. The lowest BCUT2D eigenvalue weighted by Gasteiger charge is -2.30. The Labute approximate surface area is 200 Å². The molecule has 5 heteroatoms. The predicted octanol–water partition coefficient (Wildman–Crippen LogP) is 6.89. The van der Waals surface area contributed by atoms with Crippen LogP contribution in [0, 0.1) is 22.7 Å². The fraction of sp³-hybridized carbons (Fsp3) is 0.259. The minimum atomic E-state index is -0.0715. The Morgan fingerprint density at radius 3 is 2.31 bits per heavy atom. The molecular weight excluding hydrogens is 434 g/mol. The third kappa shape index (κ3) is 6.38. The van der Waals surface area contributed by atoms with E-state index in [2.05, 4.69) is 61.0 Å². The summed E-state index contributed by atoms with van der Waals surface area (Å²) in [5.41, 5.74) is 4.04. The lowest BCUT2D eigenvalue weighted by Crippen LogP contribution is -2.36. The molecule has 3 atom stereocenters. The maximum atomic E-state index is 9.45. The van der Waals surface area contributed by atoms with Gasteiger partial charge in [-0.15, -0.1) is 11.8 Å². The molecule has 0 radical (unpaired) electrons. The number of benzene rings is 3. The number of nitrogens with one attached hydrogen (secondary N) is 1. The normalized spacial score (nSPS) is 13.5. The Balaban J connectivity index is 1.89. The van der Waals surface area contributed by atoms with E-state index in [9.17, 15) is 10.5 Å². The second kappa shape index (κ2) is 11.7. The van der Waals surface area contributed by atoms with E-state index in [0.717, 1.165) is 17.5 Å². The molecule has 1 N–H and O–H groups in total. The molecule has 0 heterocycles. The van der Waals surface area contributed by atoms with E-state index in [-0.39, 0.29) is 18.0 Å². The Hall–Kier alpha value is -2.76. The van der Waals surface area contributed by atoms with Crippen molar-refractivity contribution in [3.8, 4) is 12.1 Å². The summed E-state index contributed by atoms with van der Waals surface area (Å²) in [6.45, 7) is 2.15. The van der Waals surface area contributed by atoms with Crippen LogP contribution in [0.4, 0.5) is 0 Å². The third-order valence-corrected chi connectivity index (χ3v) is 6.69. The van der Waals surface area contributed by atoms with Gasteiger partial charge in [-0.3, -0.25) is 0 Å². The first-order valence-electron chi connectivity index (χ1n) is 10.6. The summed E-state index contributed by atoms with van der Waals surface area (Å²) in [4.78, 5) is 1.20. The van der Waals surface area contributed by atoms with Crippen molar-refractivity contribution < 1.29 is 0 Å². The van der Waals surface area contributed by atoms with Crippen molar-refractivity contribution in [2.24, 2.45) is 0 Å². The zero-order chi connectivity index (χ0) is 22.9. The van der Waals surface area contributed by atoms with E-state index < -0.39 is 0 Å². The van der Waals surface area contributed by atoms with Crippen LogP contribution < -0.4 is 5.32 Å². The van der Waals surface area contributed by atoms with E-state index in [0.29, 0.717) is 17.0 Å². The second-order valence-electron chi connectivity index (χ2n) is 7.82.